The van der Waals surface area contributed by atoms with Gasteiger partial charge in [-0.25, -0.2) is 0 Å². The second-order valence-electron chi connectivity index (χ2n) is 3.79. The maximum absolute atomic E-state index is 12.4. The van der Waals surface area contributed by atoms with E-state index in [9.17, 15) is 13.2 Å². The fourth-order valence-corrected chi connectivity index (χ4v) is 1.53. The summed E-state index contributed by atoms with van der Waals surface area (Å²) in [6.45, 7) is 1.85. The molecular formula is C9H16F3NO2. The van der Waals surface area contributed by atoms with E-state index in [-0.39, 0.29) is 12.7 Å². The van der Waals surface area contributed by atoms with E-state index in [1.54, 1.807) is 0 Å². The van der Waals surface area contributed by atoms with Crippen molar-refractivity contribution >= 4 is 0 Å². The third-order valence-electron chi connectivity index (χ3n) is 2.29. The number of hydrogen-bond acceptors (Lipinski definition) is 3. The van der Waals surface area contributed by atoms with Crippen LogP contribution >= 0.6 is 0 Å². The maximum atomic E-state index is 12.4. The van der Waals surface area contributed by atoms with Crippen molar-refractivity contribution in [1.82, 2.24) is 0 Å². The van der Waals surface area contributed by atoms with Crippen LogP contribution in [0.4, 0.5) is 13.2 Å². The van der Waals surface area contributed by atoms with Crippen LogP contribution < -0.4 is 5.73 Å². The predicted molar refractivity (Wildman–Crippen MR) is 48.4 cm³/mol. The van der Waals surface area contributed by atoms with E-state index >= 15 is 0 Å². The van der Waals surface area contributed by atoms with Crippen molar-refractivity contribution in [3.8, 4) is 0 Å². The highest BCUT2D eigenvalue weighted by Gasteiger charge is 2.43. The predicted octanol–water partition coefficient (Wildman–Crippen LogP) is 1.46. The third-order valence-corrected chi connectivity index (χ3v) is 2.29. The van der Waals surface area contributed by atoms with Crippen molar-refractivity contribution in [3.63, 3.8) is 0 Å². The lowest BCUT2D eigenvalue weighted by Gasteiger charge is -2.25. The van der Waals surface area contributed by atoms with E-state index in [0.29, 0.717) is 6.61 Å². The van der Waals surface area contributed by atoms with Crippen LogP contribution in [0.25, 0.3) is 0 Å². The van der Waals surface area contributed by atoms with Gasteiger partial charge in [-0.2, -0.15) is 13.2 Å². The molecule has 1 rings (SSSR count). The molecule has 0 aliphatic carbocycles. The molecule has 0 bridgehead atoms. The van der Waals surface area contributed by atoms with Gasteiger partial charge in [0.05, 0.1) is 12.7 Å². The Morgan fingerprint density at radius 2 is 2.20 bits per heavy atom. The van der Waals surface area contributed by atoms with E-state index in [1.807, 2.05) is 0 Å². The Morgan fingerprint density at radius 3 is 2.60 bits per heavy atom. The van der Waals surface area contributed by atoms with Gasteiger partial charge >= 0.3 is 6.18 Å². The highest BCUT2D eigenvalue weighted by atomic mass is 19.4. The Labute approximate surface area is 86.7 Å². The SMILES string of the molecule is CC(N)C(OCC1CCCO1)C(F)(F)F. The second kappa shape index (κ2) is 5.14. The highest BCUT2D eigenvalue weighted by Crippen LogP contribution is 2.25. The van der Waals surface area contributed by atoms with Crippen LogP contribution in [0.2, 0.25) is 0 Å². The van der Waals surface area contributed by atoms with Gasteiger partial charge in [0.15, 0.2) is 6.10 Å². The minimum atomic E-state index is -4.41. The quantitative estimate of drug-likeness (QED) is 0.790. The fraction of sp³-hybridized carbons (Fsp3) is 1.00. The number of hydrogen-bond donors (Lipinski definition) is 1. The lowest BCUT2D eigenvalue weighted by molar-refractivity contribution is -0.230. The van der Waals surface area contributed by atoms with E-state index in [1.165, 1.54) is 6.92 Å². The molecule has 15 heavy (non-hydrogen) atoms. The normalized spacial score (nSPS) is 26.6. The first-order valence-electron chi connectivity index (χ1n) is 4.96. The topological polar surface area (TPSA) is 44.5 Å². The minimum absolute atomic E-state index is 0.0360. The van der Waals surface area contributed by atoms with Gasteiger partial charge in [0.2, 0.25) is 0 Å². The molecular weight excluding hydrogens is 211 g/mol. The van der Waals surface area contributed by atoms with E-state index in [0.717, 1.165) is 12.8 Å². The Kier molecular flexibility index (Phi) is 4.36. The maximum Gasteiger partial charge on any atom is 0.416 e. The van der Waals surface area contributed by atoms with Crippen LogP contribution in [-0.2, 0) is 9.47 Å². The third kappa shape index (κ3) is 3.96. The fourth-order valence-electron chi connectivity index (χ4n) is 1.53. The molecule has 1 fully saturated rings. The Bertz CT molecular complexity index is 190. The summed E-state index contributed by atoms with van der Waals surface area (Å²) in [6, 6.07) is -1.06. The summed E-state index contributed by atoms with van der Waals surface area (Å²) in [5.74, 6) is 0. The summed E-state index contributed by atoms with van der Waals surface area (Å²) in [4.78, 5) is 0. The van der Waals surface area contributed by atoms with Gasteiger partial charge in [0, 0.05) is 12.6 Å². The minimum Gasteiger partial charge on any atom is -0.376 e. The average Bonchev–Trinajstić information content (AvgIpc) is 2.53. The monoisotopic (exact) mass is 227 g/mol. The molecule has 1 aliphatic heterocycles. The van der Waals surface area contributed by atoms with Crippen molar-refractivity contribution in [2.75, 3.05) is 13.2 Å². The van der Waals surface area contributed by atoms with Crippen LogP contribution in [-0.4, -0.2) is 37.6 Å². The van der Waals surface area contributed by atoms with Crippen LogP contribution in [0.5, 0.6) is 0 Å². The smallest absolute Gasteiger partial charge is 0.376 e. The molecule has 1 heterocycles. The Hall–Kier alpha value is -0.330. The zero-order valence-electron chi connectivity index (χ0n) is 8.59. The Morgan fingerprint density at radius 1 is 1.53 bits per heavy atom. The second-order valence-corrected chi connectivity index (χ2v) is 3.79. The number of rotatable bonds is 4. The molecule has 0 aromatic heterocycles. The van der Waals surface area contributed by atoms with Gasteiger partial charge in [-0.3, -0.25) is 0 Å². The van der Waals surface area contributed by atoms with Crippen molar-refractivity contribution < 1.29 is 22.6 Å². The largest absolute Gasteiger partial charge is 0.416 e. The summed E-state index contributed by atoms with van der Waals surface area (Å²) < 4.78 is 47.1. The number of nitrogens with two attached hydrogens (primary N) is 1. The molecule has 0 spiro atoms. The van der Waals surface area contributed by atoms with Crippen molar-refractivity contribution in [2.45, 2.75) is 44.2 Å². The summed E-state index contributed by atoms with van der Waals surface area (Å²) in [6.07, 6.45) is -4.89. The molecule has 90 valence electrons. The molecule has 0 amide bonds. The van der Waals surface area contributed by atoms with E-state index in [2.05, 4.69) is 0 Å². The standard InChI is InChI=1S/C9H16F3NO2/c1-6(13)8(9(10,11)12)15-5-7-3-2-4-14-7/h6-8H,2-5,13H2,1H3. The summed E-state index contributed by atoms with van der Waals surface area (Å²) in [5.41, 5.74) is 5.22. The molecule has 6 heteroatoms. The zero-order chi connectivity index (χ0) is 11.5. The van der Waals surface area contributed by atoms with Crippen LogP contribution in [0.3, 0.4) is 0 Å². The molecule has 1 saturated heterocycles. The van der Waals surface area contributed by atoms with Crippen LogP contribution in [0.1, 0.15) is 19.8 Å². The van der Waals surface area contributed by atoms with Crippen molar-refractivity contribution in [1.29, 1.82) is 0 Å². The van der Waals surface area contributed by atoms with Gasteiger partial charge in [-0.15, -0.1) is 0 Å². The molecule has 3 atom stereocenters. The summed E-state index contributed by atoms with van der Waals surface area (Å²) in [7, 11) is 0. The number of halogens is 3. The van der Waals surface area contributed by atoms with E-state index in [4.69, 9.17) is 15.2 Å². The van der Waals surface area contributed by atoms with Crippen LogP contribution in [0, 0.1) is 0 Å². The molecule has 0 aromatic carbocycles. The lowest BCUT2D eigenvalue weighted by Crippen LogP contribution is -2.46. The van der Waals surface area contributed by atoms with Gasteiger partial charge < -0.3 is 15.2 Å². The molecule has 0 saturated carbocycles. The van der Waals surface area contributed by atoms with Crippen molar-refractivity contribution in [3.05, 3.63) is 0 Å². The molecule has 3 nitrogen and oxygen atoms in total. The van der Waals surface area contributed by atoms with Crippen LogP contribution in [0.15, 0.2) is 0 Å². The zero-order valence-corrected chi connectivity index (χ0v) is 8.59. The first-order valence-corrected chi connectivity index (χ1v) is 4.96. The molecule has 1 aliphatic rings. The molecule has 2 N–H and O–H groups in total. The van der Waals surface area contributed by atoms with Gasteiger partial charge in [0.1, 0.15) is 0 Å². The first-order chi connectivity index (χ1) is 6.91. The molecule has 3 unspecified atom stereocenters. The van der Waals surface area contributed by atoms with Gasteiger partial charge in [-0.1, -0.05) is 0 Å². The number of alkyl halides is 3. The number of ether oxygens (including phenoxy) is 2. The summed E-state index contributed by atoms with van der Waals surface area (Å²) >= 11 is 0. The average molecular weight is 227 g/mol. The highest BCUT2D eigenvalue weighted by molar-refractivity contribution is 4.77. The lowest BCUT2D eigenvalue weighted by atomic mass is 10.2. The first kappa shape index (κ1) is 12.7. The Balaban J connectivity index is 2.37. The van der Waals surface area contributed by atoms with E-state index < -0.39 is 18.3 Å². The summed E-state index contributed by atoms with van der Waals surface area (Å²) in [5, 5.41) is 0. The molecule has 0 radical (unpaired) electrons. The van der Waals surface area contributed by atoms with Gasteiger partial charge in [-0.05, 0) is 19.8 Å². The van der Waals surface area contributed by atoms with Crippen molar-refractivity contribution in [2.24, 2.45) is 5.73 Å². The molecule has 0 aromatic rings. The van der Waals surface area contributed by atoms with Gasteiger partial charge in [0.25, 0.3) is 0 Å².